The Balaban J connectivity index is 1.73. The minimum absolute atomic E-state index is 0.0293. The van der Waals surface area contributed by atoms with Gasteiger partial charge in [-0.25, -0.2) is 4.98 Å². The average Bonchev–Trinajstić information content (AvgIpc) is 3.22. The number of hydrogen-bond acceptors (Lipinski definition) is 4. The molecule has 0 atom stereocenters. The van der Waals surface area contributed by atoms with Crippen molar-refractivity contribution in [3.05, 3.63) is 59.8 Å². The van der Waals surface area contributed by atoms with Gasteiger partial charge in [-0.1, -0.05) is 24.3 Å². The average molecular weight is 346 g/mol. The summed E-state index contributed by atoms with van der Waals surface area (Å²) in [5, 5.41) is 11.3. The maximum Gasteiger partial charge on any atom is 0.272 e. The number of carbonyl (C=O) groups is 2. The van der Waals surface area contributed by atoms with Gasteiger partial charge in [-0.05, 0) is 47.9 Å². The monoisotopic (exact) mass is 346 g/mol. The Bertz CT molecular complexity index is 1010. The molecule has 5 nitrogen and oxygen atoms in total. The summed E-state index contributed by atoms with van der Waals surface area (Å²) < 4.78 is 0. The predicted molar refractivity (Wildman–Crippen MR) is 99.4 cm³/mol. The van der Waals surface area contributed by atoms with E-state index in [1.807, 2.05) is 29.2 Å². The van der Waals surface area contributed by atoms with E-state index in [0.717, 1.165) is 36.9 Å². The lowest BCUT2D eigenvalue weighted by Gasteiger charge is -2.15. The van der Waals surface area contributed by atoms with Crippen LogP contribution < -0.4 is 0 Å². The molecule has 1 N–H and O–H groups in total. The molecule has 5 heteroatoms. The highest BCUT2D eigenvalue weighted by molar-refractivity contribution is 6.02. The Hall–Kier alpha value is -3.21. The van der Waals surface area contributed by atoms with E-state index >= 15 is 0 Å². The van der Waals surface area contributed by atoms with Crippen molar-refractivity contribution in [1.82, 2.24) is 9.88 Å². The number of amides is 1. The fraction of sp³-hybridized carbons (Fsp3) is 0.190. The van der Waals surface area contributed by atoms with E-state index in [1.54, 1.807) is 18.2 Å². The van der Waals surface area contributed by atoms with Crippen molar-refractivity contribution in [2.24, 2.45) is 0 Å². The second-order valence-corrected chi connectivity index (χ2v) is 6.46. The molecule has 1 aromatic heterocycles. The molecule has 130 valence electrons. The first-order chi connectivity index (χ1) is 12.7. The zero-order chi connectivity index (χ0) is 18.1. The molecule has 2 heterocycles. The highest BCUT2D eigenvalue weighted by atomic mass is 16.3. The highest BCUT2D eigenvalue weighted by Crippen LogP contribution is 2.29. The van der Waals surface area contributed by atoms with Crippen LogP contribution in [-0.2, 0) is 0 Å². The summed E-state index contributed by atoms with van der Waals surface area (Å²) in [7, 11) is 0. The van der Waals surface area contributed by atoms with Gasteiger partial charge in [-0.3, -0.25) is 9.59 Å². The summed E-state index contributed by atoms with van der Waals surface area (Å²) in [6.07, 6.45) is 2.74. The molecular weight excluding hydrogens is 328 g/mol. The van der Waals surface area contributed by atoms with Gasteiger partial charge in [-0.2, -0.15) is 0 Å². The normalized spacial score (nSPS) is 13.9. The quantitative estimate of drug-likeness (QED) is 0.735. The van der Waals surface area contributed by atoms with Gasteiger partial charge < -0.3 is 10.0 Å². The van der Waals surface area contributed by atoms with Gasteiger partial charge in [0.05, 0.1) is 11.3 Å². The molecular formula is C21H18N2O3. The second kappa shape index (κ2) is 6.59. The van der Waals surface area contributed by atoms with Crippen LogP contribution in [0.5, 0.6) is 5.75 Å². The van der Waals surface area contributed by atoms with Crippen molar-refractivity contribution in [2.75, 3.05) is 13.1 Å². The summed E-state index contributed by atoms with van der Waals surface area (Å²) in [5.41, 5.74) is 2.29. The molecule has 4 rings (SSSR count). The molecule has 2 aromatic carbocycles. The molecule has 1 saturated heterocycles. The van der Waals surface area contributed by atoms with E-state index in [2.05, 4.69) is 4.98 Å². The summed E-state index contributed by atoms with van der Waals surface area (Å²) in [6, 6.07) is 14.3. The topological polar surface area (TPSA) is 70.5 Å². The lowest BCUT2D eigenvalue weighted by Crippen LogP contribution is -2.28. The molecule has 0 aliphatic carbocycles. The molecule has 0 spiro atoms. The summed E-state index contributed by atoms with van der Waals surface area (Å²) in [5.74, 6) is -0.0603. The fourth-order valence-electron chi connectivity index (χ4n) is 3.42. The van der Waals surface area contributed by atoms with Crippen molar-refractivity contribution in [3.8, 4) is 17.0 Å². The van der Waals surface area contributed by atoms with Crippen LogP contribution >= 0.6 is 0 Å². The van der Waals surface area contributed by atoms with E-state index in [0.29, 0.717) is 23.1 Å². The molecule has 0 bridgehead atoms. The number of benzene rings is 2. The number of aromatic nitrogens is 1. The van der Waals surface area contributed by atoms with Gasteiger partial charge in [0.2, 0.25) is 0 Å². The first-order valence-electron chi connectivity index (χ1n) is 8.65. The summed E-state index contributed by atoms with van der Waals surface area (Å²) in [6.45, 7) is 1.58. The second-order valence-electron chi connectivity index (χ2n) is 6.46. The van der Waals surface area contributed by atoms with E-state index < -0.39 is 0 Å². The minimum atomic E-state index is -0.0309. The van der Waals surface area contributed by atoms with Crippen molar-refractivity contribution in [1.29, 1.82) is 0 Å². The van der Waals surface area contributed by atoms with Crippen LogP contribution in [0.4, 0.5) is 0 Å². The Morgan fingerprint density at radius 1 is 1.08 bits per heavy atom. The molecule has 1 amide bonds. The lowest BCUT2D eigenvalue weighted by molar-refractivity contribution is 0.0787. The Labute approximate surface area is 150 Å². The van der Waals surface area contributed by atoms with Gasteiger partial charge in [-0.15, -0.1) is 0 Å². The molecule has 3 aromatic rings. The van der Waals surface area contributed by atoms with E-state index in [-0.39, 0.29) is 17.2 Å². The number of phenols is 1. The molecule has 0 unspecified atom stereocenters. The number of rotatable bonds is 3. The summed E-state index contributed by atoms with van der Waals surface area (Å²) in [4.78, 5) is 30.2. The first kappa shape index (κ1) is 16.3. The zero-order valence-corrected chi connectivity index (χ0v) is 14.2. The SMILES string of the molecule is O=Cc1c(O)ccc2cc(-c3cccc(C(=O)N4CCCC4)n3)ccc12. The maximum atomic E-state index is 12.6. The Morgan fingerprint density at radius 3 is 2.65 bits per heavy atom. The third kappa shape index (κ3) is 2.81. The van der Waals surface area contributed by atoms with Crippen LogP contribution in [0.3, 0.4) is 0 Å². The lowest BCUT2D eigenvalue weighted by atomic mass is 10.0. The standard InChI is InChI=1S/C21H18N2O3/c24-13-17-16-8-6-15(12-14(16)7-9-20(17)25)18-4-3-5-19(22-18)21(26)23-10-1-2-11-23/h3-9,12-13,25H,1-2,10-11H2. The van der Waals surface area contributed by atoms with Gasteiger partial charge in [0, 0.05) is 18.7 Å². The Kier molecular flexibility index (Phi) is 4.13. The van der Waals surface area contributed by atoms with Gasteiger partial charge >= 0.3 is 0 Å². The number of aldehydes is 1. The number of nitrogens with zero attached hydrogens (tertiary/aromatic N) is 2. The van der Waals surface area contributed by atoms with Crippen LogP contribution in [0.2, 0.25) is 0 Å². The van der Waals surface area contributed by atoms with Crippen LogP contribution in [0.25, 0.3) is 22.0 Å². The number of aromatic hydroxyl groups is 1. The minimum Gasteiger partial charge on any atom is -0.507 e. The van der Waals surface area contributed by atoms with Crippen molar-refractivity contribution in [3.63, 3.8) is 0 Å². The number of likely N-dealkylation sites (tertiary alicyclic amines) is 1. The number of pyridine rings is 1. The third-order valence-corrected chi connectivity index (χ3v) is 4.81. The molecule has 1 fully saturated rings. The van der Waals surface area contributed by atoms with E-state index in [4.69, 9.17) is 0 Å². The molecule has 1 aliphatic heterocycles. The summed E-state index contributed by atoms with van der Waals surface area (Å²) >= 11 is 0. The number of phenolic OH excluding ortho intramolecular Hbond substituents is 1. The molecule has 0 saturated carbocycles. The third-order valence-electron chi connectivity index (χ3n) is 4.81. The largest absolute Gasteiger partial charge is 0.507 e. The van der Waals surface area contributed by atoms with Crippen LogP contribution in [-0.4, -0.2) is 40.3 Å². The molecule has 0 radical (unpaired) electrons. The first-order valence-corrected chi connectivity index (χ1v) is 8.65. The number of fused-ring (bicyclic) bond motifs is 1. The van der Waals surface area contributed by atoms with Crippen molar-refractivity contribution < 1.29 is 14.7 Å². The van der Waals surface area contributed by atoms with Crippen LogP contribution in [0, 0.1) is 0 Å². The van der Waals surface area contributed by atoms with Gasteiger partial charge in [0.1, 0.15) is 11.4 Å². The molecule has 1 aliphatic rings. The predicted octanol–water partition coefficient (Wildman–Crippen LogP) is 3.66. The number of hydrogen-bond donors (Lipinski definition) is 1. The Morgan fingerprint density at radius 2 is 1.88 bits per heavy atom. The van der Waals surface area contributed by atoms with Crippen LogP contribution in [0.1, 0.15) is 33.7 Å². The smallest absolute Gasteiger partial charge is 0.272 e. The van der Waals surface area contributed by atoms with Crippen molar-refractivity contribution >= 4 is 23.0 Å². The van der Waals surface area contributed by atoms with E-state index in [1.165, 1.54) is 6.07 Å². The van der Waals surface area contributed by atoms with Gasteiger partial charge in [0.15, 0.2) is 6.29 Å². The fourth-order valence-corrected chi connectivity index (χ4v) is 3.42. The highest BCUT2D eigenvalue weighted by Gasteiger charge is 2.20. The maximum absolute atomic E-state index is 12.6. The van der Waals surface area contributed by atoms with Gasteiger partial charge in [0.25, 0.3) is 5.91 Å². The number of carbonyl (C=O) groups excluding carboxylic acids is 2. The van der Waals surface area contributed by atoms with Crippen LogP contribution in [0.15, 0.2) is 48.5 Å². The van der Waals surface area contributed by atoms with Crippen molar-refractivity contribution in [2.45, 2.75) is 12.8 Å². The zero-order valence-electron chi connectivity index (χ0n) is 14.2. The molecule has 26 heavy (non-hydrogen) atoms. The van der Waals surface area contributed by atoms with E-state index in [9.17, 15) is 14.7 Å².